The number of ether oxygens (including phenoxy) is 4. The van der Waals surface area contributed by atoms with E-state index in [0.29, 0.717) is 0 Å². The van der Waals surface area contributed by atoms with Gasteiger partial charge in [0.25, 0.3) is 0 Å². The lowest BCUT2D eigenvalue weighted by Crippen LogP contribution is -2.59. The van der Waals surface area contributed by atoms with Gasteiger partial charge in [0.1, 0.15) is 30.3 Å². The first kappa shape index (κ1) is 31.0. The highest BCUT2D eigenvalue weighted by Gasteiger charge is 2.49. The number of carbonyl (C=O) groups is 1. The zero-order valence-corrected chi connectivity index (χ0v) is 25.4. The van der Waals surface area contributed by atoms with Crippen molar-refractivity contribution in [3.8, 4) is 11.1 Å². The summed E-state index contributed by atoms with van der Waals surface area (Å²) in [5, 5.41) is 7.79. The van der Waals surface area contributed by atoms with Crippen LogP contribution in [0.25, 0.3) is 32.0 Å². The second kappa shape index (κ2) is 14.9. The molecule has 6 rings (SSSR count). The van der Waals surface area contributed by atoms with Crippen molar-refractivity contribution in [3.63, 3.8) is 0 Å². The number of azide groups is 2. The Morgan fingerprint density at radius 2 is 1.43 bits per heavy atom. The SMILES string of the molecule is [N-]=[N+]=NC[C@H]1OC(Sc2ccccc2)[C@H](N=[N+]=[N-])[C@@H](OCc2ccccc2)[C@@H]1OC(=O)OCC1c2ccccc2-c2ccccc21. The molecule has 5 atom stereocenters. The van der Waals surface area contributed by atoms with Gasteiger partial charge in [0.05, 0.1) is 13.2 Å². The van der Waals surface area contributed by atoms with Crippen molar-refractivity contribution in [2.45, 2.75) is 47.2 Å². The Morgan fingerprint density at radius 1 is 0.804 bits per heavy atom. The zero-order valence-electron chi connectivity index (χ0n) is 24.6. The van der Waals surface area contributed by atoms with E-state index >= 15 is 0 Å². The largest absolute Gasteiger partial charge is 0.508 e. The van der Waals surface area contributed by atoms with Gasteiger partial charge in [-0.05, 0) is 51.0 Å². The van der Waals surface area contributed by atoms with Crippen LogP contribution in [0.15, 0.2) is 124 Å². The number of rotatable bonds is 11. The van der Waals surface area contributed by atoms with Gasteiger partial charge in [-0.3, -0.25) is 0 Å². The van der Waals surface area contributed by atoms with Crippen molar-refractivity contribution < 1.29 is 23.7 Å². The fraction of sp³-hybridized carbons (Fsp3) is 0.265. The highest BCUT2D eigenvalue weighted by molar-refractivity contribution is 7.99. The van der Waals surface area contributed by atoms with Crippen LogP contribution in [0, 0.1) is 0 Å². The molecular formula is C34H30N6O5S. The van der Waals surface area contributed by atoms with Crippen molar-refractivity contribution in [2.24, 2.45) is 10.2 Å². The minimum absolute atomic E-state index is 0.0449. The second-order valence-electron chi connectivity index (χ2n) is 10.7. The van der Waals surface area contributed by atoms with Gasteiger partial charge < -0.3 is 18.9 Å². The molecule has 1 aliphatic heterocycles. The molecule has 11 nitrogen and oxygen atoms in total. The maximum absolute atomic E-state index is 13.4. The van der Waals surface area contributed by atoms with E-state index in [1.165, 1.54) is 11.8 Å². The summed E-state index contributed by atoms with van der Waals surface area (Å²) in [5.41, 5.74) is 23.2. The number of hydrogen-bond donors (Lipinski definition) is 0. The summed E-state index contributed by atoms with van der Waals surface area (Å²) in [6, 6.07) is 34.1. The van der Waals surface area contributed by atoms with E-state index in [9.17, 15) is 10.3 Å². The maximum Gasteiger partial charge on any atom is 0.508 e. The Morgan fingerprint density at radius 3 is 2.09 bits per heavy atom. The first-order chi connectivity index (χ1) is 22.7. The van der Waals surface area contributed by atoms with E-state index in [1.807, 2.05) is 97.1 Å². The minimum atomic E-state index is -1.12. The highest BCUT2D eigenvalue weighted by atomic mass is 32.2. The third-order valence-electron chi connectivity index (χ3n) is 7.97. The van der Waals surface area contributed by atoms with Crippen molar-refractivity contribution in [1.29, 1.82) is 0 Å². The molecular weight excluding hydrogens is 604 g/mol. The quantitative estimate of drug-likeness (QED) is 0.0699. The number of thioether (sulfide) groups is 1. The summed E-state index contributed by atoms with van der Waals surface area (Å²) in [6.07, 6.45) is -3.93. The minimum Gasteiger partial charge on any atom is -0.433 e. The summed E-state index contributed by atoms with van der Waals surface area (Å²) >= 11 is 1.34. The highest BCUT2D eigenvalue weighted by Crippen LogP contribution is 2.45. The van der Waals surface area contributed by atoms with Crippen molar-refractivity contribution in [2.75, 3.05) is 13.2 Å². The maximum atomic E-state index is 13.4. The van der Waals surface area contributed by atoms with Gasteiger partial charge in [0.2, 0.25) is 0 Å². The molecule has 0 bridgehead atoms. The molecule has 1 heterocycles. The number of hydrogen-bond acceptors (Lipinski definition) is 8. The van der Waals surface area contributed by atoms with Crippen LogP contribution >= 0.6 is 11.8 Å². The summed E-state index contributed by atoms with van der Waals surface area (Å²) < 4.78 is 24.4. The van der Waals surface area contributed by atoms with Crippen molar-refractivity contribution in [1.82, 2.24) is 0 Å². The number of carbonyl (C=O) groups excluding carboxylic acids is 1. The fourth-order valence-corrected chi connectivity index (χ4v) is 7.03. The standard InChI is InChI=1S/C34H30N6O5S/c35-39-37-19-29-31(45-34(41)43-21-28-26-17-9-7-15-24(26)25-16-8-10-18-27(25)28)32(42-20-22-11-3-1-4-12-22)30(38-40-36)33(44-29)46-23-13-5-2-6-14-23/h1-18,28-33H,19-21H2/t29-,30-,31-,32-,33?/m1/s1. The number of benzene rings is 4. The third kappa shape index (κ3) is 6.97. The predicted octanol–water partition coefficient (Wildman–Crippen LogP) is 8.41. The summed E-state index contributed by atoms with van der Waals surface area (Å²) in [6.45, 7) is 0.0333. The molecule has 1 fully saturated rings. The van der Waals surface area contributed by atoms with Crippen molar-refractivity contribution >= 4 is 17.9 Å². The molecule has 0 saturated carbocycles. The smallest absolute Gasteiger partial charge is 0.433 e. The molecule has 232 valence electrons. The van der Waals surface area contributed by atoms with Crippen LogP contribution in [0.1, 0.15) is 22.6 Å². The van der Waals surface area contributed by atoms with Crippen LogP contribution < -0.4 is 0 Å². The normalized spacial score (nSPS) is 21.6. The average molecular weight is 635 g/mol. The van der Waals surface area contributed by atoms with Crippen LogP contribution in [0.4, 0.5) is 4.79 Å². The lowest BCUT2D eigenvalue weighted by atomic mass is 9.97. The van der Waals surface area contributed by atoms with Crippen LogP contribution in [-0.4, -0.2) is 49.1 Å². The molecule has 0 N–H and O–H groups in total. The molecule has 1 saturated heterocycles. The Kier molecular flexibility index (Phi) is 10.0. The van der Waals surface area contributed by atoms with E-state index in [4.69, 9.17) is 24.5 Å². The van der Waals surface area contributed by atoms with Gasteiger partial charge in [-0.15, -0.1) is 0 Å². The van der Waals surface area contributed by atoms with Crippen LogP contribution in [0.5, 0.6) is 0 Å². The Hall–Kier alpha value is -4.96. The molecule has 0 spiro atoms. The van der Waals surface area contributed by atoms with Gasteiger partial charge in [-0.25, -0.2) is 4.79 Å². The van der Waals surface area contributed by atoms with Crippen LogP contribution in [0.2, 0.25) is 0 Å². The Labute approximate surface area is 269 Å². The predicted molar refractivity (Wildman–Crippen MR) is 173 cm³/mol. The Bertz CT molecular complexity index is 1700. The van der Waals surface area contributed by atoms with Gasteiger partial charge in [0.15, 0.2) is 6.10 Å². The number of nitrogens with zero attached hydrogens (tertiary/aromatic N) is 6. The van der Waals surface area contributed by atoms with Gasteiger partial charge in [0, 0.05) is 20.6 Å². The van der Waals surface area contributed by atoms with Crippen LogP contribution in [-0.2, 0) is 25.6 Å². The summed E-state index contributed by atoms with van der Waals surface area (Å²) in [4.78, 5) is 20.3. The Balaban J connectivity index is 1.26. The van der Waals surface area contributed by atoms with Gasteiger partial charge in [-0.2, -0.15) is 0 Å². The van der Waals surface area contributed by atoms with E-state index in [0.717, 1.165) is 32.7 Å². The zero-order chi connectivity index (χ0) is 31.7. The van der Waals surface area contributed by atoms with Gasteiger partial charge >= 0.3 is 6.16 Å². The van der Waals surface area contributed by atoms with E-state index in [-0.39, 0.29) is 25.7 Å². The van der Waals surface area contributed by atoms with Crippen molar-refractivity contribution in [3.05, 3.63) is 147 Å². The molecule has 46 heavy (non-hydrogen) atoms. The summed E-state index contributed by atoms with van der Waals surface area (Å²) in [5.74, 6) is -0.172. The summed E-state index contributed by atoms with van der Waals surface area (Å²) in [7, 11) is 0. The molecule has 0 radical (unpaired) electrons. The topological polar surface area (TPSA) is 152 Å². The third-order valence-corrected chi connectivity index (χ3v) is 9.13. The molecule has 2 aliphatic rings. The van der Waals surface area contributed by atoms with Gasteiger partial charge in [-0.1, -0.05) is 119 Å². The second-order valence-corrected chi connectivity index (χ2v) is 11.9. The molecule has 1 unspecified atom stereocenters. The monoisotopic (exact) mass is 634 g/mol. The number of fused-ring (bicyclic) bond motifs is 3. The lowest BCUT2D eigenvalue weighted by molar-refractivity contribution is -0.179. The first-order valence-electron chi connectivity index (χ1n) is 14.8. The fourth-order valence-electron chi connectivity index (χ4n) is 5.90. The molecule has 0 aromatic heterocycles. The van der Waals surface area contributed by atoms with Crippen LogP contribution in [0.3, 0.4) is 0 Å². The first-order valence-corrected chi connectivity index (χ1v) is 15.6. The van der Waals surface area contributed by atoms with E-state index in [1.54, 1.807) is 0 Å². The molecule has 1 aliphatic carbocycles. The van der Waals surface area contributed by atoms with E-state index < -0.39 is 35.9 Å². The average Bonchev–Trinajstić information content (AvgIpc) is 3.42. The molecule has 0 amide bonds. The lowest BCUT2D eigenvalue weighted by Gasteiger charge is -2.43. The van der Waals surface area contributed by atoms with E-state index in [2.05, 4.69) is 32.2 Å². The molecule has 4 aromatic rings. The molecule has 4 aromatic carbocycles. The molecule has 12 heteroatoms.